The van der Waals surface area contributed by atoms with Gasteiger partial charge in [-0.25, -0.2) is 8.42 Å². The van der Waals surface area contributed by atoms with Crippen LogP contribution >= 0.6 is 0 Å². The van der Waals surface area contributed by atoms with Gasteiger partial charge in [0.1, 0.15) is 6.61 Å². The van der Waals surface area contributed by atoms with Crippen molar-refractivity contribution in [3.8, 4) is 0 Å². The molecule has 2 heterocycles. The van der Waals surface area contributed by atoms with Crippen LogP contribution in [0.2, 0.25) is 0 Å². The number of hydrogen-bond acceptors (Lipinski definition) is 6. The quantitative estimate of drug-likeness (QED) is 0.806. The number of nitrogens with zero attached hydrogens (tertiary/aromatic N) is 3. The average Bonchev–Trinajstić information content (AvgIpc) is 3.34. The Kier molecular flexibility index (Phi) is 4.35. The molecule has 134 valence electrons. The lowest BCUT2D eigenvalue weighted by Crippen LogP contribution is -2.28. The number of ether oxygens (including phenoxy) is 1. The number of fused-ring (bicyclic) bond motifs is 1. The van der Waals surface area contributed by atoms with E-state index in [2.05, 4.69) is 10.1 Å². The summed E-state index contributed by atoms with van der Waals surface area (Å²) in [6.07, 6.45) is 3.80. The van der Waals surface area contributed by atoms with Crippen LogP contribution in [0.25, 0.3) is 0 Å². The zero-order valence-electron chi connectivity index (χ0n) is 14.1. The Hall–Kier alpha value is -1.77. The number of hydrogen-bond donors (Lipinski definition) is 0. The van der Waals surface area contributed by atoms with Crippen molar-refractivity contribution in [2.45, 2.75) is 43.1 Å². The topological polar surface area (TPSA) is 85.5 Å². The SMILES string of the molecule is COCc1nc(C2CCN(S(=O)(=O)c3ccc4c(c3)CCC4)C2)no1. The molecule has 2 aromatic rings. The summed E-state index contributed by atoms with van der Waals surface area (Å²) >= 11 is 0. The van der Waals surface area contributed by atoms with E-state index in [4.69, 9.17) is 9.26 Å². The second kappa shape index (κ2) is 6.51. The molecule has 0 spiro atoms. The molecule has 1 aliphatic heterocycles. The third-order valence-electron chi connectivity index (χ3n) is 4.98. The van der Waals surface area contributed by atoms with Crippen LogP contribution in [0, 0.1) is 0 Å². The fourth-order valence-electron chi connectivity index (χ4n) is 3.63. The van der Waals surface area contributed by atoms with E-state index in [0.717, 1.165) is 19.3 Å². The van der Waals surface area contributed by atoms with Gasteiger partial charge in [0.25, 0.3) is 5.89 Å². The molecule has 7 nitrogen and oxygen atoms in total. The average molecular weight is 363 g/mol. The minimum absolute atomic E-state index is 0.0430. The molecule has 0 N–H and O–H groups in total. The van der Waals surface area contributed by atoms with Crippen molar-refractivity contribution in [1.29, 1.82) is 0 Å². The summed E-state index contributed by atoms with van der Waals surface area (Å²) in [4.78, 5) is 4.68. The van der Waals surface area contributed by atoms with Gasteiger partial charge in [-0.1, -0.05) is 11.2 Å². The van der Waals surface area contributed by atoms with Crippen molar-refractivity contribution < 1.29 is 17.7 Å². The molecule has 1 fully saturated rings. The van der Waals surface area contributed by atoms with Crippen molar-refractivity contribution in [1.82, 2.24) is 14.4 Å². The van der Waals surface area contributed by atoms with E-state index in [1.54, 1.807) is 13.2 Å². The van der Waals surface area contributed by atoms with E-state index in [9.17, 15) is 8.42 Å². The summed E-state index contributed by atoms with van der Waals surface area (Å²) in [5, 5.41) is 3.97. The van der Waals surface area contributed by atoms with Crippen LogP contribution in [-0.2, 0) is 34.2 Å². The van der Waals surface area contributed by atoms with Crippen LogP contribution < -0.4 is 0 Å². The van der Waals surface area contributed by atoms with Gasteiger partial charge in [-0.3, -0.25) is 0 Å². The smallest absolute Gasteiger partial charge is 0.252 e. The molecule has 8 heteroatoms. The van der Waals surface area contributed by atoms with Gasteiger partial charge in [0.2, 0.25) is 10.0 Å². The summed E-state index contributed by atoms with van der Waals surface area (Å²) in [7, 11) is -1.92. The van der Waals surface area contributed by atoms with Gasteiger partial charge >= 0.3 is 0 Å². The highest BCUT2D eigenvalue weighted by Crippen LogP contribution is 2.31. The van der Waals surface area contributed by atoms with Crippen molar-refractivity contribution in [2.75, 3.05) is 20.2 Å². The normalized spacial score (nSPS) is 20.9. The number of sulfonamides is 1. The summed E-state index contributed by atoms with van der Waals surface area (Å²) in [6.45, 7) is 1.11. The van der Waals surface area contributed by atoms with Gasteiger partial charge in [0.05, 0.1) is 4.90 Å². The molecular formula is C17H21N3O4S. The Balaban J connectivity index is 1.52. The third kappa shape index (κ3) is 3.09. The molecule has 1 atom stereocenters. The van der Waals surface area contributed by atoms with Crippen LogP contribution in [0.5, 0.6) is 0 Å². The molecule has 1 saturated heterocycles. The molecule has 0 radical (unpaired) electrons. The first-order valence-electron chi connectivity index (χ1n) is 8.51. The number of methoxy groups -OCH3 is 1. The van der Waals surface area contributed by atoms with E-state index in [1.165, 1.54) is 15.4 Å². The molecule has 1 aliphatic carbocycles. The van der Waals surface area contributed by atoms with Crippen LogP contribution in [0.15, 0.2) is 27.6 Å². The van der Waals surface area contributed by atoms with Crippen molar-refractivity contribution in [3.05, 3.63) is 41.0 Å². The Morgan fingerprint density at radius 2 is 2.16 bits per heavy atom. The molecule has 1 unspecified atom stereocenters. The maximum Gasteiger partial charge on any atom is 0.252 e. The Morgan fingerprint density at radius 3 is 3.00 bits per heavy atom. The predicted molar refractivity (Wildman–Crippen MR) is 89.6 cm³/mol. The number of aryl methyl sites for hydroxylation is 2. The summed E-state index contributed by atoms with van der Waals surface area (Å²) in [5.74, 6) is 0.926. The maximum absolute atomic E-state index is 13.0. The standard InChI is InChI=1S/C17H21N3O4S/c1-23-11-16-18-17(19-24-16)14-7-8-20(10-14)25(21,22)15-6-5-12-3-2-4-13(12)9-15/h5-6,9,14H,2-4,7-8,10-11H2,1H3. The van der Waals surface area contributed by atoms with Crippen LogP contribution in [0.4, 0.5) is 0 Å². The molecule has 0 amide bonds. The molecule has 2 aliphatic rings. The van der Waals surface area contributed by atoms with Gasteiger partial charge in [-0.05, 0) is 48.9 Å². The van der Waals surface area contributed by atoms with Crippen LogP contribution in [0.3, 0.4) is 0 Å². The lowest BCUT2D eigenvalue weighted by atomic mass is 10.1. The minimum Gasteiger partial charge on any atom is -0.375 e. The van der Waals surface area contributed by atoms with Gasteiger partial charge in [-0.15, -0.1) is 0 Å². The minimum atomic E-state index is -3.48. The fourth-order valence-corrected chi connectivity index (χ4v) is 5.18. The first kappa shape index (κ1) is 16.7. The van der Waals surface area contributed by atoms with Crippen molar-refractivity contribution in [2.24, 2.45) is 0 Å². The maximum atomic E-state index is 13.0. The Bertz CT molecular complexity index is 878. The van der Waals surface area contributed by atoms with Crippen LogP contribution in [-0.4, -0.2) is 43.1 Å². The molecule has 25 heavy (non-hydrogen) atoms. The van der Waals surface area contributed by atoms with E-state index in [1.807, 2.05) is 12.1 Å². The van der Waals surface area contributed by atoms with E-state index < -0.39 is 10.0 Å². The first-order valence-corrected chi connectivity index (χ1v) is 9.95. The Morgan fingerprint density at radius 1 is 1.32 bits per heavy atom. The fraction of sp³-hybridized carbons (Fsp3) is 0.529. The number of rotatable bonds is 5. The highest BCUT2D eigenvalue weighted by atomic mass is 32.2. The summed E-state index contributed by atoms with van der Waals surface area (Å²) in [5.41, 5.74) is 2.44. The first-order chi connectivity index (χ1) is 12.1. The largest absolute Gasteiger partial charge is 0.375 e. The molecule has 4 rings (SSSR count). The predicted octanol–water partition coefficient (Wildman–Crippen LogP) is 1.88. The van der Waals surface area contributed by atoms with Gasteiger partial charge < -0.3 is 9.26 Å². The Labute approximate surface area is 147 Å². The zero-order valence-corrected chi connectivity index (χ0v) is 15.0. The molecule has 1 aromatic carbocycles. The summed E-state index contributed by atoms with van der Waals surface area (Å²) < 4.78 is 37.5. The highest BCUT2D eigenvalue weighted by molar-refractivity contribution is 7.89. The molecule has 0 bridgehead atoms. The molecule has 0 saturated carbocycles. The van der Waals surface area contributed by atoms with Gasteiger partial charge in [0.15, 0.2) is 5.82 Å². The molecule has 1 aromatic heterocycles. The number of benzene rings is 1. The summed E-state index contributed by atoms with van der Waals surface area (Å²) in [6, 6.07) is 5.53. The second-order valence-corrected chi connectivity index (χ2v) is 8.55. The lowest BCUT2D eigenvalue weighted by molar-refractivity contribution is 0.151. The van der Waals surface area contributed by atoms with Crippen molar-refractivity contribution >= 4 is 10.0 Å². The second-order valence-electron chi connectivity index (χ2n) is 6.61. The molecular weight excluding hydrogens is 342 g/mol. The van der Waals surface area contributed by atoms with E-state index >= 15 is 0 Å². The number of aromatic nitrogens is 2. The van der Waals surface area contributed by atoms with Gasteiger partial charge in [0, 0.05) is 26.1 Å². The van der Waals surface area contributed by atoms with E-state index in [-0.39, 0.29) is 12.5 Å². The van der Waals surface area contributed by atoms with Gasteiger partial charge in [-0.2, -0.15) is 9.29 Å². The van der Waals surface area contributed by atoms with E-state index in [0.29, 0.717) is 36.1 Å². The van der Waals surface area contributed by atoms with Crippen molar-refractivity contribution in [3.63, 3.8) is 0 Å². The third-order valence-corrected chi connectivity index (χ3v) is 6.84. The lowest BCUT2D eigenvalue weighted by Gasteiger charge is -2.16. The van der Waals surface area contributed by atoms with Crippen LogP contribution in [0.1, 0.15) is 41.6 Å². The monoisotopic (exact) mass is 363 g/mol. The highest BCUT2D eigenvalue weighted by Gasteiger charge is 2.35. The zero-order chi connectivity index (χ0) is 17.4.